The van der Waals surface area contributed by atoms with E-state index in [1.165, 1.54) is 6.07 Å². The first-order valence-electron chi connectivity index (χ1n) is 9.17. The van der Waals surface area contributed by atoms with Gasteiger partial charge in [0.15, 0.2) is 0 Å². The number of rotatable bonds is 5. The number of nitrogens with one attached hydrogen (secondary N) is 1. The Labute approximate surface area is 171 Å². The van der Waals surface area contributed by atoms with Crippen LogP contribution in [-0.4, -0.2) is 21.7 Å². The summed E-state index contributed by atoms with van der Waals surface area (Å²) in [6.45, 7) is 2.39. The molecule has 1 atom stereocenters. The molecule has 0 saturated heterocycles. The number of H-pyrrole nitrogens is 1. The molecule has 0 aliphatic carbocycles. The molecule has 4 rings (SSSR count). The molecular formula is C21H17N5O4. The van der Waals surface area contributed by atoms with Gasteiger partial charge >= 0.3 is 0 Å². The number of nitrogens with zero attached hydrogens (tertiary/aromatic N) is 3. The average molecular weight is 403 g/mol. The lowest BCUT2D eigenvalue weighted by Gasteiger charge is -2.24. The molecule has 2 aromatic carbocycles. The minimum Gasteiger partial charge on any atom is -0.494 e. The molecule has 0 amide bonds. The normalized spacial score (nSPS) is 15.1. The van der Waals surface area contributed by atoms with Crippen LogP contribution in [0.25, 0.3) is 11.3 Å². The summed E-state index contributed by atoms with van der Waals surface area (Å²) >= 11 is 0. The number of hydrogen-bond acceptors (Lipinski definition) is 7. The van der Waals surface area contributed by atoms with Crippen LogP contribution in [0.5, 0.6) is 11.6 Å². The van der Waals surface area contributed by atoms with Crippen molar-refractivity contribution in [3.8, 4) is 29.0 Å². The van der Waals surface area contributed by atoms with Crippen molar-refractivity contribution >= 4 is 5.69 Å². The van der Waals surface area contributed by atoms with E-state index in [0.29, 0.717) is 29.2 Å². The maximum absolute atomic E-state index is 11.7. The van der Waals surface area contributed by atoms with Crippen LogP contribution in [0.1, 0.15) is 24.0 Å². The Morgan fingerprint density at radius 2 is 2.13 bits per heavy atom. The Bertz CT molecular complexity index is 1210. The highest BCUT2D eigenvalue weighted by atomic mass is 16.6. The third-order valence-electron chi connectivity index (χ3n) is 4.82. The van der Waals surface area contributed by atoms with Gasteiger partial charge in [0.05, 0.1) is 28.7 Å². The van der Waals surface area contributed by atoms with Crippen molar-refractivity contribution in [3.05, 3.63) is 81.2 Å². The van der Waals surface area contributed by atoms with E-state index in [1.807, 2.05) is 31.2 Å². The van der Waals surface area contributed by atoms with Gasteiger partial charge in [-0.15, -0.1) is 5.10 Å². The summed E-state index contributed by atoms with van der Waals surface area (Å²) in [5, 5.41) is 28.6. The van der Waals surface area contributed by atoms with Crippen molar-refractivity contribution in [1.82, 2.24) is 10.2 Å². The van der Waals surface area contributed by atoms with Gasteiger partial charge in [0.25, 0.3) is 5.69 Å². The second-order valence-electron chi connectivity index (χ2n) is 6.52. The lowest BCUT2D eigenvalue weighted by Crippen LogP contribution is -2.21. The van der Waals surface area contributed by atoms with E-state index >= 15 is 0 Å². The first-order valence-corrected chi connectivity index (χ1v) is 9.17. The molecule has 3 aromatic rings. The van der Waals surface area contributed by atoms with Gasteiger partial charge in [-0.25, -0.2) is 0 Å². The van der Waals surface area contributed by atoms with E-state index < -0.39 is 10.8 Å². The Kier molecular flexibility index (Phi) is 4.82. The average Bonchev–Trinajstić information content (AvgIpc) is 3.16. The van der Waals surface area contributed by atoms with Gasteiger partial charge in [-0.3, -0.25) is 15.2 Å². The summed E-state index contributed by atoms with van der Waals surface area (Å²) in [6, 6.07) is 15.6. The Balaban J connectivity index is 1.96. The molecule has 1 aliphatic rings. The molecule has 0 fully saturated rings. The van der Waals surface area contributed by atoms with Crippen LogP contribution in [-0.2, 0) is 0 Å². The number of ether oxygens (including phenoxy) is 2. The smallest absolute Gasteiger partial charge is 0.273 e. The number of aromatic nitrogens is 2. The molecule has 150 valence electrons. The highest BCUT2D eigenvalue weighted by molar-refractivity contribution is 5.72. The van der Waals surface area contributed by atoms with Gasteiger partial charge in [-0.2, -0.15) is 5.26 Å². The second-order valence-corrected chi connectivity index (χ2v) is 6.52. The van der Waals surface area contributed by atoms with Crippen LogP contribution < -0.4 is 15.2 Å². The highest BCUT2D eigenvalue weighted by Gasteiger charge is 2.38. The molecule has 1 aromatic heterocycles. The number of aromatic amines is 1. The summed E-state index contributed by atoms with van der Waals surface area (Å²) in [6.07, 6.45) is 0. The zero-order chi connectivity index (χ0) is 21.3. The van der Waals surface area contributed by atoms with E-state index in [2.05, 4.69) is 16.3 Å². The number of para-hydroxylation sites is 1. The number of hydrogen-bond donors (Lipinski definition) is 2. The van der Waals surface area contributed by atoms with Gasteiger partial charge in [-0.05, 0) is 19.1 Å². The minimum absolute atomic E-state index is 0.0837. The van der Waals surface area contributed by atoms with Crippen LogP contribution in [0.15, 0.2) is 60.0 Å². The first kappa shape index (κ1) is 19.0. The summed E-state index contributed by atoms with van der Waals surface area (Å²) in [5.41, 5.74) is 8.06. The standard InChI is InChI=1S/C21H17N5O4/c1-2-29-13-7-5-6-12(10-13)19-18-17(14-8-3-4-9-16(14)26(27)28)15(11-22)20(23)30-21(18)25-24-19/h3-10,17H,2,23H2,1H3,(H,24,25). The molecule has 0 bridgehead atoms. The van der Waals surface area contributed by atoms with Crippen molar-refractivity contribution in [2.75, 3.05) is 6.61 Å². The van der Waals surface area contributed by atoms with Crippen LogP contribution in [0.3, 0.4) is 0 Å². The SMILES string of the molecule is CCOc1cccc(-c2[nH]nc3c2C(c2ccccc2[N+](=O)[O-])C(C#N)=C(N)O3)c1. The van der Waals surface area contributed by atoms with E-state index in [9.17, 15) is 15.4 Å². The summed E-state index contributed by atoms with van der Waals surface area (Å²) in [7, 11) is 0. The zero-order valence-electron chi connectivity index (χ0n) is 16.0. The maximum atomic E-state index is 11.7. The minimum atomic E-state index is -0.815. The number of nitro benzene ring substituents is 1. The topological polar surface area (TPSA) is 140 Å². The van der Waals surface area contributed by atoms with Gasteiger partial charge in [-0.1, -0.05) is 30.3 Å². The van der Waals surface area contributed by atoms with Gasteiger partial charge in [0, 0.05) is 17.2 Å². The molecule has 0 saturated carbocycles. The van der Waals surface area contributed by atoms with Crippen molar-refractivity contribution in [1.29, 1.82) is 5.26 Å². The number of nitrogens with two attached hydrogens (primary N) is 1. The van der Waals surface area contributed by atoms with E-state index in [4.69, 9.17) is 15.2 Å². The van der Waals surface area contributed by atoms with Crippen LogP contribution in [0.2, 0.25) is 0 Å². The van der Waals surface area contributed by atoms with Crippen molar-refractivity contribution in [2.24, 2.45) is 5.73 Å². The van der Waals surface area contributed by atoms with Gasteiger partial charge in [0.2, 0.25) is 11.8 Å². The van der Waals surface area contributed by atoms with Crippen LogP contribution in [0.4, 0.5) is 5.69 Å². The van der Waals surface area contributed by atoms with Gasteiger partial charge in [0.1, 0.15) is 17.4 Å². The first-order chi connectivity index (χ1) is 14.5. The van der Waals surface area contributed by atoms with E-state index in [-0.39, 0.29) is 23.0 Å². The lowest BCUT2D eigenvalue weighted by molar-refractivity contribution is -0.385. The molecule has 3 N–H and O–H groups in total. The largest absolute Gasteiger partial charge is 0.494 e. The molecule has 1 unspecified atom stereocenters. The molecule has 2 heterocycles. The lowest BCUT2D eigenvalue weighted by atomic mass is 9.82. The number of fused-ring (bicyclic) bond motifs is 1. The maximum Gasteiger partial charge on any atom is 0.273 e. The van der Waals surface area contributed by atoms with Crippen molar-refractivity contribution in [2.45, 2.75) is 12.8 Å². The fourth-order valence-corrected chi connectivity index (χ4v) is 3.58. The summed E-state index contributed by atoms with van der Waals surface area (Å²) < 4.78 is 11.1. The Morgan fingerprint density at radius 1 is 1.33 bits per heavy atom. The third-order valence-corrected chi connectivity index (χ3v) is 4.82. The van der Waals surface area contributed by atoms with Gasteiger partial charge < -0.3 is 15.2 Å². The van der Waals surface area contributed by atoms with E-state index in [0.717, 1.165) is 5.56 Å². The molecule has 0 spiro atoms. The van der Waals surface area contributed by atoms with Crippen molar-refractivity contribution in [3.63, 3.8) is 0 Å². The molecule has 1 aliphatic heterocycles. The Morgan fingerprint density at radius 3 is 2.87 bits per heavy atom. The number of nitro groups is 1. The van der Waals surface area contributed by atoms with Crippen LogP contribution >= 0.6 is 0 Å². The monoisotopic (exact) mass is 403 g/mol. The summed E-state index contributed by atoms with van der Waals surface area (Å²) in [4.78, 5) is 11.2. The molecule has 0 radical (unpaired) electrons. The van der Waals surface area contributed by atoms with Crippen molar-refractivity contribution < 1.29 is 14.4 Å². The second kappa shape index (κ2) is 7.60. The Hall–Kier alpha value is -4.32. The molecule has 9 nitrogen and oxygen atoms in total. The predicted octanol–water partition coefficient (Wildman–Crippen LogP) is 3.60. The quantitative estimate of drug-likeness (QED) is 0.490. The van der Waals surface area contributed by atoms with E-state index in [1.54, 1.807) is 18.2 Å². The molecule has 9 heteroatoms. The highest BCUT2D eigenvalue weighted by Crippen LogP contribution is 2.47. The fraction of sp³-hybridized carbons (Fsp3) is 0.143. The zero-order valence-corrected chi connectivity index (χ0v) is 16.0. The number of allylic oxidation sites excluding steroid dienone is 1. The fourth-order valence-electron chi connectivity index (χ4n) is 3.58. The third kappa shape index (κ3) is 3.10. The summed E-state index contributed by atoms with van der Waals surface area (Å²) in [5.74, 6) is -0.113. The molecule has 30 heavy (non-hydrogen) atoms. The number of nitriles is 1. The number of benzene rings is 2. The molecular weight excluding hydrogens is 386 g/mol. The predicted molar refractivity (Wildman–Crippen MR) is 108 cm³/mol. The van der Waals surface area contributed by atoms with Crippen LogP contribution in [0, 0.1) is 21.4 Å².